The Hall–Kier alpha value is -4.11. The summed E-state index contributed by atoms with van der Waals surface area (Å²) in [5.74, 6) is 0.980. The van der Waals surface area contributed by atoms with Crippen LogP contribution in [0.2, 0.25) is 0 Å². The number of hydrogen-bond acceptors (Lipinski definition) is 7. The zero-order valence-electron chi connectivity index (χ0n) is 18.9. The van der Waals surface area contributed by atoms with Crippen molar-refractivity contribution < 1.29 is 19.0 Å². The average molecular weight is 460 g/mol. The van der Waals surface area contributed by atoms with Crippen molar-refractivity contribution in [3.8, 4) is 17.2 Å². The molecule has 0 aliphatic carbocycles. The van der Waals surface area contributed by atoms with Gasteiger partial charge in [-0.25, -0.2) is 9.48 Å². The number of pyridine rings is 1. The molecule has 3 heterocycles. The number of nitrogens with zero attached hydrogens (tertiary/aromatic N) is 3. The highest BCUT2D eigenvalue weighted by Gasteiger charge is 2.21. The SMILES string of the molecule is CCOC(=O)c1cnn(-c2cc(=O)n(C)c3ccccc23)c1CNCc1ccc2c(c1)OCO2. The molecule has 0 bridgehead atoms. The zero-order chi connectivity index (χ0) is 23.7. The maximum absolute atomic E-state index is 12.7. The smallest absolute Gasteiger partial charge is 0.341 e. The summed E-state index contributed by atoms with van der Waals surface area (Å²) in [5.41, 5.74) is 3.18. The van der Waals surface area contributed by atoms with Gasteiger partial charge >= 0.3 is 5.97 Å². The Morgan fingerprint density at radius 3 is 2.79 bits per heavy atom. The normalized spacial score (nSPS) is 12.3. The van der Waals surface area contributed by atoms with Crippen molar-refractivity contribution in [3.63, 3.8) is 0 Å². The number of rotatable bonds is 7. The lowest BCUT2D eigenvalue weighted by Gasteiger charge is -2.14. The Kier molecular flexibility index (Phi) is 5.77. The molecular formula is C25H24N4O5. The number of hydrogen-bond donors (Lipinski definition) is 1. The highest BCUT2D eigenvalue weighted by atomic mass is 16.7. The monoisotopic (exact) mass is 460 g/mol. The van der Waals surface area contributed by atoms with E-state index >= 15 is 0 Å². The number of aryl methyl sites for hydroxylation is 1. The van der Waals surface area contributed by atoms with Crippen LogP contribution in [-0.4, -0.2) is 33.7 Å². The topological polar surface area (TPSA) is 96.6 Å². The van der Waals surface area contributed by atoms with E-state index in [1.807, 2.05) is 42.5 Å². The summed E-state index contributed by atoms with van der Waals surface area (Å²) in [6.45, 7) is 3.09. The molecule has 0 fully saturated rings. The lowest BCUT2D eigenvalue weighted by molar-refractivity contribution is 0.0525. The van der Waals surface area contributed by atoms with E-state index in [1.54, 1.807) is 23.2 Å². The molecule has 34 heavy (non-hydrogen) atoms. The first-order chi connectivity index (χ1) is 16.6. The number of nitrogens with one attached hydrogen (secondary N) is 1. The second kappa shape index (κ2) is 9.03. The largest absolute Gasteiger partial charge is 0.462 e. The van der Waals surface area contributed by atoms with Crippen LogP contribution in [0.4, 0.5) is 0 Å². The summed E-state index contributed by atoms with van der Waals surface area (Å²) >= 11 is 0. The van der Waals surface area contributed by atoms with E-state index < -0.39 is 5.97 Å². The molecule has 5 rings (SSSR count). The summed E-state index contributed by atoms with van der Waals surface area (Å²) in [5, 5.41) is 8.69. The van der Waals surface area contributed by atoms with Gasteiger partial charge in [-0.05, 0) is 30.7 Å². The van der Waals surface area contributed by atoms with Gasteiger partial charge in [0.05, 0.1) is 29.7 Å². The molecule has 9 nitrogen and oxygen atoms in total. The molecule has 4 aromatic rings. The van der Waals surface area contributed by atoms with Crippen LogP contribution in [0.3, 0.4) is 0 Å². The summed E-state index contributed by atoms with van der Waals surface area (Å²) in [6.07, 6.45) is 1.49. The van der Waals surface area contributed by atoms with E-state index in [0.29, 0.717) is 35.8 Å². The van der Waals surface area contributed by atoms with Crippen LogP contribution in [0.25, 0.3) is 16.6 Å². The van der Waals surface area contributed by atoms with Crippen molar-refractivity contribution in [3.05, 3.63) is 81.9 Å². The Bertz CT molecular complexity index is 1440. The first-order valence-electron chi connectivity index (χ1n) is 11.0. The van der Waals surface area contributed by atoms with Gasteiger partial charge in [0.25, 0.3) is 5.56 Å². The minimum absolute atomic E-state index is 0.166. The maximum atomic E-state index is 12.7. The molecule has 0 unspecified atom stereocenters. The molecule has 0 saturated carbocycles. The maximum Gasteiger partial charge on any atom is 0.341 e. The number of ether oxygens (including phenoxy) is 3. The summed E-state index contributed by atoms with van der Waals surface area (Å²) in [6, 6.07) is 14.9. The minimum Gasteiger partial charge on any atom is -0.462 e. The van der Waals surface area contributed by atoms with Crippen molar-refractivity contribution in [1.82, 2.24) is 19.7 Å². The molecule has 1 aliphatic heterocycles. The molecule has 0 saturated heterocycles. The van der Waals surface area contributed by atoms with Crippen LogP contribution in [-0.2, 0) is 24.9 Å². The third kappa shape index (κ3) is 3.90. The van der Waals surface area contributed by atoms with Gasteiger partial charge in [-0.2, -0.15) is 5.10 Å². The van der Waals surface area contributed by atoms with Crippen LogP contribution in [0.1, 0.15) is 28.5 Å². The van der Waals surface area contributed by atoms with Gasteiger partial charge < -0.3 is 24.1 Å². The molecule has 1 aliphatic rings. The van der Waals surface area contributed by atoms with Crippen LogP contribution in [0.5, 0.6) is 11.5 Å². The second-order valence-corrected chi connectivity index (χ2v) is 7.87. The quantitative estimate of drug-likeness (QED) is 0.424. The van der Waals surface area contributed by atoms with Gasteiger partial charge in [0, 0.05) is 31.6 Å². The Balaban J connectivity index is 1.51. The highest BCUT2D eigenvalue weighted by molar-refractivity contribution is 5.92. The second-order valence-electron chi connectivity index (χ2n) is 7.87. The van der Waals surface area contributed by atoms with E-state index in [1.165, 1.54) is 12.3 Å². The van der Waals surface area contributed by atoms with Crippen molar-refractivity contribution in [1.29, 1.82) is 0 Å². The number of carbonyl (C=O) groups excluding carboxylic acids is 1. The Labute approximate surface area is 195 Å². The fraction of sp³-hybridized carbons (Fsp3) is 0.240. The number of aromatic nitrogens is 3. The van der Waals surface area contributed by atoms with Gasteiger partial charge in [-0.1, -0.05) is 24.3 Å². The molecule has 9 heteroatoms. The van der Waals surface area contributed by atoms with E-state index in [4.69, 9.17) is 14.2 Å². The Morgan fingerprint density at radius 1 is 1.12 bits per heavy atom. The fourth-order valence-corrected chi connectivity index (χ4v) is 4.08. The van der Waals surface area contributed by atoms with Crippen molar-refractivity contribution in [2.24, 2.45) is 7.05 Å². The third-order valence-electron chi connectivity index (χ3n) is 5.78. The summed E-state index contributed by atoms with van der Waals surface area (Å²) < 4.78 is 19.3. The first kappa shape index (κ1) is 21.7. The number of fused-ring (bicyclic) bond motifs is 2. The van der Waals surface area contributed by atoms with Crippen molar-refractivity contribution in [2.75, 3.05) is 13.4 Å². The zero-order valence-corrected chi connectivity index (χ0v) is 18.9. The lowest BCUT2D eigenvalue weighted by atomic mass is 10.1. The van der Waals surface area contributed by atoms with Gasteiger partial charge in [-0.3, -0.25) is 4.79 Å². The van der Waals surface area contributed by atoms with Crippen LogP contribution in [0, 0.1) is 0 Å². The predicted octanol–water partition coefficient (Wildman–Crippen LogP) is 2.92. The minimum atomic E-state index is -0.457. The molecule has 0 spiro atoms. The molecule has 0 radical (unpaired) electrons. The molecule has 0 amide bonds. The standard InChI is InChI=1S/C25H24N4O5/c1-3-32-25(31)18-13-27-29(20-11-24(30)28(2)19-7-5-4-6-17(19)20)21(18)14-26-12-16-8-9-22-23(10-16)34-15-33-22/h4-11,13,26H,3,12,14-15H2,1-2H3. The van der Waals surface area contributed by atoms with Gasteiger partial charge in [0.15, 0.2) is 11.5 Å². The van der Waals surface area contributed by atoms with Gasteiger partial charge in [0.2, 0.25) is 6.79 Å². The van der Waals surface area contributed by atoms with Crippen LogP contribution < -0.4 is 20.3 Å². The van der Waals surface area contributed by atoms with Gasteiger partial charge in [0.1, 0.15) is 5.56 Å². The first-order valence-corrected chi connectivity index (χ1v) is 11.0. The highest BCUT2D eigenvalue weighted by Crippen LogP contribution is 2.32. The summed E-state index contributed by atoms with van der Waals surface area (Å²) in [7, 11) is 1.73. The van der Waals surface area contributed by atoms with Crippen LogP contribution >= 0.6 is 0 Å². The van der Waals surface area contributed by atoms with E-state index in [2.05, 4.69) is 10.4 Å². The average Bonchev–Trinajstić information content (AvgIpc) is 3.48. The number of para-hydroxylation sites is 1. The van der Waals surface area contributed by atoms with Crippen LogP contribution in [0.15, 0.2) is 59.5 Å². The molecule has 1 N–H and O–H groups in total. The molecule has 2 aromatic carbocycles. The summed E-state index contributed by atoms with van der Waals surface area (Å²) in [4.78, 5) is 25.3. The molecular weight excluding hydrogens is 436 g/mol. The number of esters is 1. The van der Waals surface area contributed by atoms with E-state index in [0.717, 1.165) is 22.2 Å². The lowest BCUT2D eigenvalue weighted by Crippen LogP contribution is -2.21. The van der Waals surface area contributed by atoms with E-state index in [9.17, 15) is 9.59 Å². The third-order valence-corrected chi connectivity index (χ3v) is 5.78. The molecule has 2 aromatic heterocycles. The number of carbonyl (C=O) groups is 1. The fourth-order valence-electron chi connectivity index (χ4n) is 4.08. The molecule has 174 valence electrons. The number of benzene rings is 2. The predicted molar refractivity (Wildman–Crippen MR) is 125 cm³/mol. The van der Waals surface area contributed by atoms with Gasteiger partial charge in [-0.15, -0.1) is 0 Å². The van der Waals surface area contributed by atoms with Crippen molar-refractivity contribution >= 4 is 16.9 Å². The molecule has 0 atom stereocenters. The Morgan fingerprint density at radius 2 is 1.94 bits per heavy atom. The van der Waals surface area contributed by atoms with E-state index in [-0.39, 0.29) is 19.0 Å². The van der Waals surface area contributed by atoms with Crippen molar-refractivity contribution in [2.45, 2.75) is 20.0 Å².